The third kappa shape index (κ3) is 6.14. The molecule has 0 fully saturated rings. The average molecular weight is 281 g/mol. The molecule has 0 heterocycles. The van der Waals surface area contributed by atoms with E-state index in [2.05, 4.69) is 11.8 Å². The molecule has 1 aromatic rings. The van der Waals surface area contributed by atoms with Crippen LogP contribution >= 0.6 is 23.4 Å². The van der Waals surface area contributed by atoms with Crippen LogP contribution in [0.2, 0.25) is 5.02 Å². The summed E-state index contributed by atoms with van der Waals surface area (Å²) in [4.78, 5) is 12.6. The van der Waals surface area contributed by atoms with E-state index in [9.17, 15) is 4.79 Å². The van der Waals surface area contributed by atoms with Gasteiger partial charge in [0.25, 0.3) is 0 Å². The van der Waals surface area contributed by atoms with E-state index in [1.165, 1.54) is 11.8 Å². The first kappa shape index (κ1) is 15.1. The first-order chi connectivity index (χ1) is 8.38. The Kier molecular flexibility index (Phi) is 5.78. The molecule has 0 aliphatic rings. The van der Waals surface area contributed by atoms with Crippen molar-refractivity contribution in [3.63, 3.8) is 0 Å². The SMILES string of the molecule is CC(C)(C)C#CCC(=O)CSc1ccccc1Cl. The smallest absolute Gasteiger partial charge is 0.154 e. The van der Waals surface area contributed by atoms with Crippen LogP contribution in [0.4, 0.5) is 0 Å². The Bertz CT molecular complexity index is 477. The molecule has 18 heavy (non-hydrogen) atoms. The molecule has 96 valence electrons. The predicted molar refractivity (Wildman–Crippen MR) is 79.0 cm³/mol. The summed E-state index contributed by atoms with van der Waals surface area (Å²) in [6.07, 6.45) is 0.314. The number of carbonyl (C=O) groups excluding carboxylic acids is 1. The van der Waals surface area contributed by atoms with Gasteiger partial charge in [0.1, 0.15) is 0 Å². The molecule has 3 heteroatoms. The fourth-order valence-electron chi connectivity index (χ4n) is 1.18. The van der Waals surface area contributed by atoms with Gasteiger partial charge in [-0.15, -0.1) is 11.8 Å². The lowest BCUT2D eigenvalue weighted by molar-refractivity contribution is -0.115. The van der Waals surface area contributed by atoms with E-state index in [-0.39, 0.29) is 11.2 Å². The normalized spacial score (nSPS) is 10.7. The van der Waals surface area contributed by atoms with Crippen LogP contribution in [0.3, 0.4) is 0 Å². The first-order valence-electron chi connectivity index (χ1n) is 5.77. The summed E-state index contributed by atoms with van der Waals surface area (Å²) >= 11 is 7.48. The van der Waals surface area contributed by atoms with Gasteiger partial charge in [-0.05, 0) is 32.9 Å². The third-order valence-corrected chi connectivity index (χ3v) is 3.55. The Morgan fingerprint density at radius 2 is 2.00 bits per heavy atom. The molecule has 1 rings (SSSR count). The van der Waals surface area contributed by atoms with Gasteiger partial charge in [0.05, 0.1) is 17.2 Å². The monoisotopic (exact) mass is 280 g/mol. The van der Waals surface area contributed by atoms with E-state index in [4.69, 9.17) is 11.6 Å². The molecule has 0 unspecified atom stereocenters. The van der Waals surface area contributed by atoms with E-state index in [1.807, 2.05) is 45.0 Å². The van der Waals surface area contributed by atoms with Crippen LogP contribution in [0.5, 0.6) is 0 Å². The highest BCUT2D eigenvalue weighted by molar-refractivity contribution is 8.00. The summed E-state index contributed by atoms with van der Waals surface area (Å²) in [6.45, 7) is 6.09. The molecule has 1 aromatic carbocycles. The molecule has 0 N–H and O–H groups in total. The number of rotatable bonds is 4. The van der Waals surface area contributed by atoms with Gasteiger partial charge in [0.15, 0.2) is 5.78 Å². The lowest BCUT2D eigenvalue weighted by atomic mass is 9.98. The predicted octanol–water partition coefficient (Wildman–Crippen LogP) is 4.44. The maximum atomic E-state index is 11.6. The molecular weight excluding hydrogens is 264 g/mol. The van der Waals surface area contributed by atoms with Gasteiger partial charge in [-0.2, -0.15) is 0 Å². The minimum Gasteiger partial charge on any atom is -0.298 e. The lowest BCUT2D eigenvalue weighted by Crippen LogP contribution is -2.02. The van der Waals surface area contributed by atoms with Crippen molar-refractivity contribution in [1.29, 1.82) is 0 Å². The minimum atomic E-state index is -0.0455. The topological polar surface area (TPSA) is 17.1 Å². The van der Waals surface area contributed by atoms with Gasteiger partial charge in [-0.1, -0.05) is 35.6 Å². The Balaban J connectivity index is 2.43. The summed E-state index contributed by atoms with van der Waals surface area (Å²) in [5.74, 6) is 6.54. The van der Waals surface area contributed by atoms with E-state index in [0.717, 1.165) is 4.90 Å². The molecule has 0 aliphatic carbocycles. The summed E-state index contributed by atoms with van der Waals surface area (Å²) in [5, 5.41) is 0.691. The van der Waals surface area contributed by atoms with Crippen molar-refractivity contribution < 1.29 is 4.79 Å². The second kappa shape index (κ2) is 6.87. The molecule has 0 saturated heterocycles. The Hall–Kier alpha value is -0.910. The van der Waals surface area contributed by atoms with Crippen LogP contribution in [0.15, 0.2) is 29.2 Å². The molecule has 0 aliphatic heterocycles. The molecule has 0 bridgehead atoms. The molecule has 0 atom stereocenters. The number of Topliss-reactive ketones (excluding diaryl/α,β-unsaturated/α-hetero) is 1. The number of hydrogen-bond acceptors (Lipinski definition) is 2. The molecule has 1 nitrogen and oxygen atoms in total. The first-order valence-corrected chi connectivity index (χ1v) is 7.14. The number of thioether (sulfide) groups is 1. The average Bonchev–Trinajstić information content (AvgIpc) is 2.26. The summed E-state index contributed by atoms with van der Waals surface area (Å²) in [5.41, 5.74) is -0.0455. The zero-order valence-electron chi connectivity index (χ0n) is 10.9. The largest absolute Gasteiger partial charge is 0.298 e. The van der Waals surface area contributed by atoms with Crippen molar-refractivity contribution in [1.82, 2.24) is 0 Å². The maximum Gasteiger partial charge on any atom is 0.154 e. The quantitative estimate of drug-likeness (QED) is 0.599. The van der Waals surface area contributed by atoms with Crippen LogP contribution < -0.4 is 0 Å². The van der Waals surface area contributed by atoms with Crippen molar-refractivity contribution in [2.24, 2.45) is 5.41 Å². The van der Waals surface area contributed by atoms with Crippen LogP contribution in [0, 0.1) is 17.3 Å². The van der Waals surface area contributed by atoms with Crippen LogP contribution in [-0.2, 0) is 4.79 Å². The molecular formula is C15H17ClOS. The van der Waals surface area contributed by atoms with Gasteiger partial charge in [0, 0.05) is 10.3 Å². The maximum absolute atomic E-state index is 11.6. The van der Waals surface area contributed by atoms with Crippen LogP contribution in [0.1, 0.15) is 27.2 Å². The second-order valence-electron chi connectivity index (χ2n) is 4.99. The fraction of sp³-hybridized carbons (Fsp3) is 0.400. The third-order valence-electron chi connectivity index (χ3n) is 1.97. The molecule has 0 saturated carbocycles. The summed E-state index contributed by atoms with van der Waals surface area (Å²) in [7, 11) is 0. The standard InChI is InChI=1S/C15H17ClOS/c1-15(2,3)10-6-7-12(17)11-18-14-9-5-4-8-13(14)16/h4-5,8-9H,7,11H2,1-3H3. The highest BCUT2D eigenvalue weighted by Gasteiger charge is 2.06. The highest BCUT2D eigenvalue weighted by atomic mass is 35.5. The van der Waals surface area contributed by atoms with Crippen molar-refractivity contribution >= 4 is 29.1 Å². The Morgan fingerprint density at radius 1 is 1.33 bits per heavy atom. The lowest BCUT2D eigenvalue weighted by Gasteiger charge is -2.06. The van der Waals surface area contributed by atoms with E-state index in [0.29, 0.717) is 17.2 Å². The van der Waals surface area contributed by atoms with E-state index >= 15 is 0 Å². The number of halogens is 1. The summed E-state index contributed by atoms with van der Waals surface area (Å²) in [6, 6.07) is 7.54. The van der Waals surface area contributed by atoms with Gasteiger partial charge >= 0.3 is 0 Å². The number of benzene rings is 1. The molecule has 0 aromatic heterocycles. The van der Waals surface area contributed by atoms with Gasteiger partial charge in [0.2, 0.25) is 0 Å². The Morgan fingerprint density at radius 3 is 2.61 bits per heavy atom. The van der Waals surface area contributed by atoms with Crippen molar-refractivity contribution in [3.05, 3.63) is 29.3 Å². The van der Waals surface area contributed by atoms with Crippen LogP contribution in [0.25, 0.3) is 0 Å². The highest BCUT2D eigenvalue weighted by Crippen LogP contribution is 2.26. The van der Waals surface area contributed by atoms with Gasteiger partial charge in [-0.25, -0.2) is 0 Å². The van der Waals surface area contributed by atoms with E-state index in [1.54, 1.807) is 0 Å². The van der Waals surface area contributed by atoms with Gasteiger partial charge in [-0.3, -0.25) is 4.79 Å². The fourth-order valence-corrected chi connectivity index (χ4v) is 2.28. The zero-order chi connectivity index (χ0) is 13.6. The van der Waals surface area contributed by atoms with Crippen molar-refractivity contribution in [2.45, 2.75) is 32.1 Å². The minimum absolute atomic E-state index is 0.0455. The van der Waals surface area contributed by atoms with Crippen molar-refractivity contribution in [3.8, 4) is 11.8 Å². The van der Waals surface area contributed by atoms with Crippen molar-refractivity contribution in [2.75, 3.05) is 5.75 Å². The molecule has 0 radical (unpaired) electrons. The number of ketones is 1. The number of hydrogen-bond donors (Lipinski definition) is 0. The zero-order valence-corrected chi connectivity index (χ0v) is 12.5. The van der Waals surface area contributed by atoms with Gasteiger partial charge < -0.3 is 0 Å². The number of carbonyl (C=O) groups is 1. The van der Waals surface area contributed by atoms with Crippen LogP contribution in [-0.4, -0.2) is 11.5 Å². The second-order valence-corrected chi connectivity index (χ2v) is 6.41. The Labute approximate surface area is 118 Å². The molecule has 0 amide bonds. The summed E-state index contributed by atoms with van der Waals surface area (Å²) < 4.78 is 0. The van der Waals surface area contributed by atoms with E-state index < -0.39 is 0 Å². The molecule has 0 spiro atoms.